The first-order valence-corrected chi connectivity index (χ1v) is 6.46. The minimum absolute atomic E-state index is 0.236. The lowest BCUT2D eigenvalue weighted by Crippen LogP contribution is -2.26. The molecule has 3 N–H and O–H groups in total. The van der Waals surface area contributed by atoms with Crippen LogP contribution in [-0.4, -0.2) is 5.91 Å². The van der Waals surface area contributed by atoms with Crippen LogP contribution in [0.2, 0.25) is 5.02 Å². The van der Waals surface area contributed by atoms with Gasteiger partial charge in [-0.25, -0.2) is 4.39 Å². The monoisotopic (exact) mass is 292 g/mol. The predicted molar refractivity (Wildman–Crippen MR) is 78.1 cm³/mol. The summed E-state index contributed by atoms with van der Waals surface area (Å²) in [5.41, 5.74) is 7.27. The highest BCUT2D eigenvalue weighted by atomic mass is 35.5. The molecule has 3 nitrogen and oxygen atoms in total. The van der Waals surface area contributed by atoms with Crippen LogP contribution in [0.5, 0.6) is 0 Å². The number of carbonyl (C=O) groups is 1. The Kier molecular flexibility index (Phi) is 4.25. The highest BCUT2D eigenvalue weighted by Crippen LogP contribution is 2.20. The normalized spacial score (nSPS) is 11.9. The summed E-state index contributed by atoms with van der Waals surface area (Å²) in [7, 11) is 0. The van der Waals surface area contributed by atoms with Crippen molar-refractivity contribution in [2.24, 2.45) is 0 Å². The number of anilines is 1. The number of hydrogen-bond donors (Lipinski definition) is 2. The molecule has 20 heavy (non-hydrogen) atoms. The van der Waals surface area contributed by atoms with E-state index in [4.69, 9.17) is 17.3 Å². The van der Waals surface area contributed by atoms with Crippen LogP contribution in [-0.2, 0) is 0 Å². The third-order valence-corrected chi connectivity index (χ3v) is 3.32. The summed E-state index contributed by atoms with van der Waals surface area (Å²) in [6, 6.07) is 10.5. The quantitative estimate of drug-likeness (QED) is 0.850. The van der Waals surface area contributed by atoms with Gasteiger partial charge in [0, 0.05) is 5.56 Å². The molecule has 0 aliphatic heterocycles. The Morgan fingerprint density at radius 1 is 1.25 bits per heavy atom. The van der Waals surface area contributed by atoms with E-state index in [1.54, 1.807) is 24.3 Å². The van der Waals surface area contributed by atoms with Gasteiger partial charge >= 0.3 is 0 Å². The molecule has 0 aliphatic rings. The van der Waals surface area contributed by atoms with E-state index in [1.807, 2.05) is 6.92 Å². The van der Waals surface area contributed by atoms with Gasteiger partial charge < -0.3 is 11.1 Å². The highest BCUT2D eigenvalue weighted by Gasteiger charge is 2.12. The number of hydrogen-bond acceptors (Lipinski definition) is 2. The zero-order chi connectivity index (χ0) is 14.7. The molecule has 0 radical (unpaired) electrons. The first kappa shape index (κ1) is 14.3. The van der Waals surface area contributed by atoms with Crippen LogP contribution in [0.4, 0.5) is 10.1 Å². The first-order chi connectivity index (χ1) is 9.47. The second-order valence-corrected chi connectivity index (χ2v) is 4.89. The fourth-order valence-electron chi connectivity index (χ4n) is 1.80. The zero-order valence-corrected chi connectivity index (χ0v) is 11.6. The highest BCUT2D eigenvalue weighted by molar-refractivity contribution is 6.33. The molecule has 5 heteroatoms. The number of benzene rings is 2. The molecule has 1 unspecified atom stereocenters. The number of halogens is 2. The Labute approximate surface area is 121 Å². The average molecular weight is 293 g/mol. The van der Waals surface area contributed by atoms with Crippen molar-refractivity contribution < 1.29 is 9.18 Å². The lowest BCUT2D eigenvalue weighted by Gasteiger charge is -2.14. The van der Waals surface area contributed by atoms with Gasteiger partial charge in [-0.3, -0.25) is 4.79 Å². The summed E-state index contributed by atoms with van der Waals surface area (Å²) in [6.07, 6.45) is 0. The maximum absolute atomic E-state index is 12.8. The molecule has 2 aromatic rings. The molecule has 0 heterocycles. The van der Waals surface area contributed by atoms with Crippen molar-refractivity contribution in [3.63, 3.8) is 0 Å². The summed E-state index contributed by atoms with van der Waals surface area (Å²) in [6.45, 7) is 1.82. The van der Waals surface area contributed by atoms with Crippen molar-refractivity contribution in [2.75, 3.05) is 5.73 Å². The summed E-state index contributed by atoms with van der Waals surface area (Å²) >= 11 is 5.81. The third-order valence-electron chi connectivity index (χ3n) is 2.98. The molecule has 1 amide bonds. The van der Waals surface area contributed by atoms with Crippen LogP contribution in [0.25, 0.3) is 0 Å². The van der Waals surface area contributed by atoms with Gasteiger partial charge in [-0.2, -0.15) is 0 Å². The van der Waals surface area contributed by atoms with Crippen LogP contribution < -0.4 is 11.1 Å². The molecule has 0 spiro atoms. The Bertz CT molecular complexity index is 628. The van der Waals surface area contributed by atoms with Crippen molar-refractivity contribution in [3.8, 4) is 0 Å². The Morgan fingerprint density at radius 3 is 2.50 bits per heavy atom. The molecule has 0 aliphatic carbocycles. The van der Waals surface area contributed by atoms with Crippen molar-refractivity contribution in [1.29, 1.82) is 0 Å². The summed E-state index contributed by atoms with van der Waals surface area (Å²) < 4.78 is 12.8. The van der Waals surface area contributed by atoms with Gasteiger partial charge in [0.1, 0.15) is 5.82 Å². The molecule has 1 atom stereocenters. The predicted octanol–water partition coefficient (Wildman–Crippen LogP) is 3.55. The number of nitrogens with two attached hydrogens (primary N) is 1. The van der Waals surface area contributed by atoms with E-state index in [2.05, 4.69) is 5.32 Å². The van der Waals surface area contributed by atoms with Gasteiger partial charge in [0.15, 0.2) is 0 Å². The maximum Gasteiger partial charge on any atom is 0.251 e. The van der Waals surface area contributed by atoms with E-state index >= 15 is 0 Å². The van der Waals surface area contributed by atoms with E-state index in [9.17, 15) is 9.18 Å². The fourth-order valence-corrected chi connectivity index (χ4v) is 1.92. The van der Waals surface area contributed by atoms with Crippen LogP contribution in [0.3, 0.4) is 0 Å². The van der Waals surface area contributed by atoms with E-state index in [1.165, 1.54) is 18.2 Å². The van der Waals surface area contributed by atoms with Crippen molar-refractivity contribution in [1.82, 2.24) is 5.32 Å². The van der Waals surface area contributed by atoms with Crippen molar-refractivity contribution >= 4 is 23.2 Å². The molecule has 0 bridgehead atoms. The molecular weight excluding hydrogens is 279 g/mol. The molecule has 2 aromatic carbocycles. The fraction of sp³-hybridized carbons (Fsp3) is 0.133. The molecular formula is C15H14ClFN2O. The Hall–Kier alpha value is -2.07. The minimum Gasteiger partial charge on any atom is -0.398 e. The third kappa shape index (κ3) is 3.27. The topological polar surface area (TPSA) is 55.1 Å². The summed E-state index contributed by atoms with van der Waals surface area (Å²) in [4.78, 5) is 12.1. The maximum atomic E-state index is 12.8. The van der Waals surface area contributed by atoms with Gasteiger partial charge in [0.2, 0.25) is 0 Å². The standard InChI is InChI=1S/C15H14ClFN2O/c1-9(10-2-5-12(17)6-3-10)19-15(20)11-4-7-13(16)14(18)8-11/h2-9H,18H2,1H3,(H,19,20). The first-order valence-electron chi connectivity index (χ1n) is 6.08. The second kappa shape index (κ2) is 5.92. The average Bonchev–Trinajstić information content (AvgIpc) is 2.42. The van der Waals surface area contributed by atoms with E-state index in [0.29, 0.717) is 16.3 Å². The lowest BCUT2D eigenvalue weighted by atomic mass is 10.1. The second-order valence-electron chi connectivity index (χ2n) is 4.48. The minimum atomic E-state index is -0.308. The van der Waals surface area contributed by atoms with Crippen LogP contribution in [0.15, 0.2) is 42.5 Å². The Morgan fingerprint density at radius 2 is 1.90 bits per heavy atom. The van der Waals surface area contributed by atoms with Crippen molar-refractivity contribution in [3.05, 3.63) is 64.4 Å². The molecule has 0 aromatic heterocycles. The van der Waals surface area contributed by atoms with Crippen LogP contribution in [0, 0.1) is 5.82 Å². The van der Waals surface area contributed by atoms with Crippen LogP contribution in [0.1, 0.15) is 28.9 Å². The van der Waals surface area contributed by atoms with Crippen molar-refractivity contribution in [2.45, 2.75) is 13.0 Å². The Balaban J connectivity index is 2.10. The molecule has 0 saturated carbocycles. The van der Waals surface area contributed by atoms with E-state index in [-0.39, 0.29) is 17.8 Å². The SMILES string of the molecule is CC(NC(=O)c1ccc(Cl)c(N)c1)c1ccc(F)cc1. The van der Waals surface area contributed by atoms with E-state index < -0.39 is 0 Å². The van der Waals surface area contributed by atoms with Gasteiger partial charge in [-0.05, 0) is 42.8 Å². The lowest BCUT2D eigenvalue weighted by molar-refractivity contribution is 0.0940. The number of rotatable bonds is 3. The van der Waals surface area contributed by atoms with Crippen LogP contribution >= 0.6 is 11.6 Å². The summed E-state index contributed by atoms with van der Waals surface area (Å²) in [5.74, 6) is -0.567. The number of amides is 1. The zero-order valence-electron chi connectivity index (χ0n) is 10.9. The van der Waals surface area contributed by atoms with Gasteiger partial charge in [0.25, 0.3) is 5.91 Å². The van der Waals surface area contributed by atoms with Gasteiger partial charge in [0.05, 0.1) is 16.8 Å². The molecule has 0 saturated heterocycles. The summed E-state index contributed by atoms with van der Waals surface area (Å²) in [5, 5.41) is 3.23. The van der Waals surface area contributed by atoms with Gasteiger partial charge in [-0.15, -0.1) is 0 Å². The largest absolute Gasteiger partial charge is 0.398 e. The molecule has 2 rings (SSSR count). The molecule has 0 fully saturated rings. The molecule has 104 valence electrons. The number of nitrogens with one attached hydrogen (secondary N) is 1. The number of carbonyl (C=O) groups excluding carboxylic acids is 1. The number of nitrogen functional groups attached to an aromatic ring is 1. The van der Waals surface area contributed by atoms with Gasteiger partial charge in [-0.1, -0.05) is 23.7 Å². The smallest absolute Gasteiger partial charge is 0.251 e. The van der Waals surface area contributed by atoms with E-state index in [0.717, 1.165) is 5.56 Å².